The molecule has 1 fully saturated rings. The van der Waals surface area contributed by atoms with Crippen LogP contribution in [0.25, 0.3) is 11.1 Å². The second kappa shape index (κ2) is 5.22. The molecule has 0 bridgehead atoms. The maximum atomic E-state index is 12.5. The van der Waals surface area contributed by atoms with Gasteiger partial charge in [-0.25, -0.2) is 17.9 Å². The zero-order valence-electron chi connectivity index (χ0n) is 12.7. The minimum Gasteiger partial charge on any atom is -0.408 e. The van der Waals surface area contributed by atoms with Crippen LogP contribution in [0.1, 0.15) is 6.92 Å². The number of sulfonamides is 1. The third-order valence-electron chi connectivity index (χ3n) is 4.18. The number of likely N-dealkylation sites (tertiary alicyclic amines) is 1. The number of nitrogens with one attached hydrogen (secondary N) is 1. The van der Waals surface area contributed by atoms with Crippen LogP contribution in [0.15, 0.2) is 32.3 Å². The first-order valence-corrected chi connectivity index (χ1v) is 8.57. The van der Waals surface area contributed by atoms with Gasteiger partial charge >= 0.3 is 5.76 Å². The summed E-state index contributed by atoms with van der Waals surface area (Å²) in [6, 6.07) is 4.35. The summed E-state index contributed by atoms with van der Waals surface area (Å²) in [6.45, 7) is 3.57. The van der Waals surface area contributed by atoms with Gasteiger partial charge in [0, 0.05) is 32.2 Å². The smallest absolute Gasteiger partial charge is 0.408 e. The molecule has 2 heterocycles. The average Bonchev–Trinajstić information content (AvgIpc) is 2.89. The lowest BCUT2D eigenvalue weighted by Gasteiger charge is -2.16. The maximum Gasteiger partial charge on any atom is 0.419 e. The van der Waals surface area contributed by atoms with Crippen LogP contribution in [0.5, 0.6) is 0 Å². The van der Waals surface area contributed by atoms with Gasteiger partial charge in [-0.1, -0.05) is 6.92 Å². The van der Waals surface area contributed by atoms with E-state index in [-0.39, 0.29) is 22.4 Å². The maximum absolute atomic E-state index is 12.5. The Morgan fingerprint density at radius 1 is 1.27 bits per heavy atom. The Labute approximate surface area is 128 Å². The molecule has 2 aromatic rings. The molecule has 0 amide bonds. The second-order valence-corrected chi connectivity index (χ2v) is 7.70. The summed E-state index contributed by atoms with van der Waals surface area (Å²) >= 11 is 0. The van der Waals surface area contributed by atoms with Crippen LogP contribution in [0, 0.1) is 5.92 Å². The highest BCUT2D eigenvalue weighted by Crippen LogP contribution is 2.21. The van der Waals surface area contributed by atoms with Gasteiger partial charge in [0.2, 0.25) is 10.0 Å². The van der Waals surface area contributed by atoms with Crippen molar-refractivity contribution >= 4 is 21.1 Å². The Kier molecular flexibility index (Phi) is 3.62. The van der Waals surface area contributed by atoms with E-state index in [1.165, 1.54) is 16.7 Å². The van der Waals surface area contributed by atoms with Gasteiger partial charge in [-0.3, -0.25) is 4.57 Å². The number of benzene rings is 1. The van der Waals surface area contributed by atoms with E-state index in [1.54, 1.807) is 13.1 Å². The molecule has 0 saturated carbocycles. The lowest BCUT2D eigenvalue weighted by Crippen LogP contribution is -2.39. The quantitative estimate of drug-likeness (QED) is 0.881. The zero-order chi connectivity index (χ0) is 16.1. The molecular weight excluding hydrogens is 306 g/mol. The minimum atomic E-state index is -3.64. The highest BCUT2D eigenvalue weighted by Gasteiger charge is 2.31. The molecule has 120 valence electrons. The van der Waals surface area contributed by atoms with E-state index in [9.17, 15) is 13.2 Å². The lowest BCUT2D eigenvalue weighted by molar-refractivity contribution is 0.400. The van der Waals surface area contributed by atoms with Crippen LogP contribution in [0.3, 0.4) is 0 Å². The topological polar surface area (TPSA) is 84.6 Å². The summed E-state index contributed by atoms with van der Waals surface area (Å²) in [5.74, 6) is -0.262. The van der Waals surface area contributed by atoms with Gasteiger partial charge in [0.25, 0.3) is 0 Å². The summed E-state index contributed by atoms with van der Waals surface area (Å²) in [6.07, 6.45) is 0. The normalized spacial score (nSPS) is 23.4. The van der Waals surface area contributed by atoms with Crippen molar-refractivity contribution in [3.63, 3.8) is 0 Å². The Bertz CT molecular complexity index is 868. The molecule has 8 heteroatoms. The second-order valence-electron chi connectivity index (χ2n) is 5.98. The molecule has 1 aliphatic heterocycles. The van der Waals surface area contributed by atoms with Crippen LogP contribution < -0.4 is 10.5 Å². The highest BCUT2D eigenvalue weighted by molar-refractivity contribution is 7.89. The summed E-state index contributed by atoms with van der Waals surface area (Å²) in [7, 11) is -0.0953. The van der Waals surface area contributed by atoms with Crippen LogP contribution in [0.4, 0.5) is 0 Å². The van der Waals surface area contributed by atoms with E-state index < -0.39 is 15.8 Å². The van der Waals surface area contributed by atoms with E-state index >= 15 is 0 Å². The predicted molar refractivity (Wildman–Crippen MR) is 82.2 cm³/mol. The largest absolute Gasteiger partial charge is 0.419 e. The highest BCUT2D eigenvalue weighted by atomic mass is 32.2. The van der Waals surface area contributed by atoms with E-state index in [1.807, 2.05) is 14.0 Å². The SMILES string of the molecule is C[C@H]1CN(C)C[C@@H]1NS(=O)(=O)c1ccc2c(c1)oc(=O)n2C. The van der Waals surface area contributed by atoms with Gasteiger partial charge < -0.3 is 9.32 Å². The molecule has 0 radical (unpaired) electrons. The van der Waals surface area contributed by atoms with Crippen molar-refractivity contribution < 1.29 is 12.8 Å². The molecule has 0 aliphatic carbocycles. The molecule has 22 heavy (non-hydrogen) atoms. The number of hydrogen-bond donors (Lipinski definition) is 1. The van der Waals surface area contributed by atoms with Gasteiger partial charge in [0.05, 0.1) is 10.4 Å². The fraction of sp³-hybridized carbons (Fsp3) is 0.500. The summed E-state index contributed by atoms with van der Waals surface area (Å²) in [5, 5.41) is 0. The van der Waals surface area contributed by atoms with Crippen molar-refractivity contribution in [3.05, 3.63) is 28.7 Å². The van der Waals surface area contributed by atoms with Crippen molar-refractivity contribution in [1.29, 1.82) is 0 Å². The van der Waals surface area contributed by atoms with Gasteiger partial charge in [-0.15, -0.1) is 0 Å². The van der Waals surface area contributed by atoms with Crippen LogP contribution in [-0.4, -0.2) is 44.1 Å². The minimum absolute atomic E-state index is 0.108. The Morgan fingerprint density at radius 2 is 2.00 bits per heavy atom. The molecule has 1 aliphatic rings. The fourth-order valence-electron chi connectivity index (χ4n) is 2.91. The van der Waals surface area contributed by atoms with Crippen LogP contribution in [0.2, 0.25) is 0 Å². The summed E-state index contributed by atoms with van der Waals surface area (Å²) in [4.78, 5) is 13.7. The predicted octanol–water partition coefficient (Wildman–Crippen LogP) is 0.360. The van der Waals surface area contributed by atoms with Crippen molar-refractivity contribution in [2.75, 3.05) is 20.1 Å². The first-order chi connectivity index (χ1) is 10.3. The number of oxazole rings is 1. The van der Waals surface area contributed by atoms with E-state index in [2.05, 4.69) is 9.62 Å². The summed E-state index contributed by atoms with van der Waals surface area (Å²) in [5.41, 5.74) is 0.838. The molecule has 1 aromatic carbocycles. The van der Waals surface area contributed by atoms with Crippen molar-refractivity contribution in [2.45, 2.75) is 17.9 Å². The number of likely N-dealkylation sites (N-methyl/N-ethyl adjacent to an activating group) is 1. The van der Waals surface area contributed by atoms with Gasteiger partial charge in [-0.2, -0.15) is 0 Å². The number of fused-ring (bicyclic) bond motifs is 1. The number of nitrogens with zero attached hydrogens (tertiary/aromatic N) is 2. The molecule has 1 aromatic heterocycles. The number of rotatable bonds is 3. The first-order valence-electron chi connectivity index (χ1n) is 7.08. The lowest BCUT2D eigenvalue weighted by atomic mass is 10.1. The Morgan fingerprint density at radius 3 is 2.64 bits per heavy atom. The van der Waals surface area contributed by atoms with Crippen molar-refractivity contribution in [3.8, 4) is 0 Å². The average molecular weight is 325 g/mol. The van der Waals surface area contributed by atoms with Gasteiger partial charge in [0.1, 0.15) is 0 Å². The monoisotopic (exact) mass is 325 g/mol. The third-order valence-corrected chi connectivity index (χ3v) is 5.66. The fourth-order valence-corrected chi connectivity index (χ4v) is 4.26. The zero-order valence-corrected chi connectivity index (χ0v) is 13.6. The summed E-state index contributed by atoms with van der Waals surface area (Å²) < 4.78 is 34.2. The standard InChI is InChI=1S/C14H19N3O4S/c1-9-7-16(2)8-11(9)15-22(19,20)10-4-5-12-13(6-10)21-14(18)17(12)3/h4-6,9,11,15H,7-8H2,1-3H3/t9-,11-/m0/s1. The molecule has 1 N–H and O–H groups in total. The molecule has 3 rings (SSSR count). The molecule has 2 atom stereocenters. The van der Waals surface area contributed by atoms with Crippen LogP contribution >= 0.6 is 0 Å². The van der Waals surface area contributed by atoms with Crippen LogP contribution in [-0.2, 0) is 17.1 Å². The first kappa shape index (κ1) is 15.3. The number of hydrogen-bond acceptors (Lipinski definition) is 5. The van der Waals surface area contributed by atoms with Gasteiger partial charge in [0.15, 0.2) is 5.58 Å². The molecule has 0 spiro atoms. The molecule has 7 nitrogen and oxygen atoms in total. The van der Waals surface area contributed by atoms with Crippen molar-refractivity contribution in [1.82, 2.24) is 14.2 Å². The number of aryl methyl sites for hydroxylation is 1. The van der Waals surface area contributed by atoms with E-state index in [0.29, 0.717) is 12.1 Å². The third kappa shape index (κ3) is 2.57. The Hall–Kier alpha value is -1.64. The van der Waals surface area contributed by atoms with Gasteiger partial charge in [-0.05, 0) is 25.1 Å². The Balaban J connectivity index is 1.93. The van der Waals surface area contributed by atoms with E-state index in [4.69, 9.17) is 4.42 Å². The molecular formula is C14H19N3O4S. The molecule has 1 saturated heterocycles. The van der Waals surface area contributed by atoms with E-state index in [0.717, 1.165) is 6.54 Å². The molecule has 0 unspecified atom stereocenters. The number of aromatic nitrogens is 1. The van der Waals surface area contributed by atoms with Crippen molar-refractivity contribution in [2.24, 2.45) is 13.0 Å².